The molecular weight excluding hydrogens is 532 g/mol. The van der Waals surface area contributed by atoms with Gasteiger partial charge in [-0.15, -0.1) is 0 Å². The Labute approximate surface area is 226 Å². The van der Waals surface area contributed by atoms with Gasteiger partial charge in [0.1, 0.15) is 18.1 Å². The molecule has 1 fully saturated rings. The molecule has 0 radical (unpaired) electrons. The average molecular weight is 563 g/mol. The van der Waals surface area contributed by atoms with Crippen LogP contribution in [-0.4, -0.2) is 52.8 Å². The Morgan fingerprint density at radius 1 is 0.946 bits per heavy atom. The first-order valence-corrected chi connectivity index (χ1v) is 13.3. The van der Waals surface area contributed by atoms with Crippen LogP contribution >= 0.6 is 15.9 Å². The van der Waals surface area contributed by atoms with Crippen molar-refractivity contribution in [2.75, 3.05) is 26.2 Å². The number of Topliss-reactive ketones (excluding diaryl/α,β-unsaturated/α-hetero) is 1. The zero-order valence-corrected chi connectivity index (χ0v) is 22.6. The summed E-state index contributed by atoms with van der Waals surface area (Å²) >= 11 is 3.45. The van der Waals surface area contributed by atoms with Gasteiger partial charge in [0.15, 0.2) is 0 Å². The predicted octanol–water partition coefficient (Wildman–Crippen LogP) is 5.79. The minimum absolute atomic E-state index is 0.102. The number of carbonyl (C=O) groups is 2. The second kappa shape index (κ2) is 12.2. The van der Waals surface area contributed by atoms with Gasteiger partial charge in [-0.1, -0.05) is 72.2 Å². The third kappa shape index (κ3) is 6.12. The van der Waals surface area contributed by atoms with Crippen LogP contribution in [0.4, 0.5) is 0 Å². The zero-order chi connectivity index (χ0) is 26.4. The van der Waals surface area contributed by atoms with Crippen molar-refractivity contribution in [2.45, 2.75) is 26.5 Å². The van der Waals surface area contributed by atoms with E-state index in [2.05, 4.69) is 34.7 Å². The second-order valence-electron chi connectivity index (χ2n) is 8.87. The summed E-state index contributed by atoms with van der Waals surface area (Å²) in [5.41, 5.74) is 2.38. The minimum atomic E-state index is -0.672. The Bertz CT molecular complexity index is 1250. The molecule has 0 aliphatic carbocycles. The molecule has 3 aromatic carbocycles. The Morgan fingerprint density at radius 3 is 2.22 bits per heavy atom. The first-order valence-electron chi connectivity index (χ1n) is 12.5. The highest BCUT2D eigenvalue weighted by atomic mass is 79.9. The summed E-state index contributed by atoms with van der Waals surface area (Å²) in [4.78, 5) is 30.2. The number of nitrogens with zero attached hydrogens (tertiary/aromatic N) is 2. The normalized spacial score (nSPS) is 17.0. The van der Waals surface area contributed by atoms with Gasteiger partial charge in [0.05, 0.1) is 11.6 Å². The maximum atomic E-state index is 13.2. The lowest BCUT2D eigenvalue weighted by Crippen LogP contribution is -2.38. The third-order valence-corrected chi connectivity index (χ3v) is 7.18. The fraction of sp³-hybridized carbons (Fsp3) is 0.267. The Balaban J connectivity index is 1.64. The van der Waals surface area contributed by atoms with Crippen LogP contribution < -0.4 is 4.74 Å². The number of aliphatic hydroxyl groups excluding tert-OH is 1. The molecule has 192 valence electrons. The molecule has 1 atom stereocenters. The van der Waals surface area contributed by atoms with E-state index in [1.165, 1.54) is 0 Å². The minimum Gasteiger partial charge on any atom is -0.507 e. The van der Waals surface area contributed by atoms with Crippen LogP contribution in [0.2, 0.25) is 0 Å². The number of hydrogen-bond acceptors (Lipinski definition) is 5. The van der Waals surface area contributed by atoms with Gasteiger partial charge in [0.2, 0.25) is 0 Å². The molecule has 1 amide bonds. The molecule has 1 saturated heterocycles. The number of aliphatic hydroxyl groups is 1. The number of ketones is 1. The van der Waals surface area contributed by atoms with Crippen LogP contribution in [0.15, 0.2) is 88.9 Å². The van der Waals surface area contributed by atoms with Crippen LogP contribution in [0, 0.1) is 0 Å². The van der Waals surface area contributed by atoms with Gasteiger partial charge < -0.3 is 19.6 Å². The molecule has 3 aromatic rings. The molecule has 4 rings (SSSR count). The number of amides is 1. The van der Waals surface area contributed by atoms with Gasteiger partial charge in [-0.3, -0.25) is 9.59 Å². The van der Waals surface area contributed by atoms with Crippen molar-refractivity contribution >= 4 is 33.4 Å². The largest absolute Gasteiger partial charge is 0.507 e. The molecule has 0 aromatic heterocycles. The smallest absolute Gasteiger partial charge is 0.295 e. The highest BCUT2D eigenvalue weighted by molar-refractivity contribution is 9.10. The van der Waals surface area contributed by atoms with E-state index in [9.17, 15) is 14.7 Å². The van der Waals surface area contributed by atoms with Crippen molar-refractivity contribution in [1.29, 1.82) is 0 Å². The van der Waals surface area contributed by atoms with Crippen molar-refractivity contribution in [2.24, 2.45) is 0 Å². The van der Waals surface area contributed by atoms with Crippen LogP contribution in [0.25, 0.3) is 5.76 Å². The number of hydrogen-bond donors (Lipinski definition) is 1. The number of halogens is 1. The molecular formula is C30H31BrN2O4. The molecule has 0 bridgehead atoms. The van der Waals surface area contributed by atoms with Crippen molar-refractivity contribution in [3.05, 3.63) is 106 Å². The van der Waals surface area contributed by atoms with E-state index in [1.807, 2.05) is 54.6 Å². The van der Waals surface area contributed by atoms with Crippen LogP contribution in [-0.2, 0) is 16.2 Å². The quantitative estimate of drug-likeness (QED) is 0.192. The number of ether oxygens (including phenoxy) is 1. The summed E-state index contributed by atoms with van der Waals surface area (Å²) in [7, 11) is 0. The van der Waals surface area contributed by atoms with Gasteiger partial charge in [0.25, 0.3) is 11.7 Å². The predicted molar refractivity (Wildman–Crippen MR) is 148 cm³/mol. The summed E-state index contributed by atoms with van der Waals surface area (Å²) < 4.78 is 6.74. The van der Waals surface area contributed by atoms with Gasteiger partial charge in [0, 0.05) is 23.1 Å². The van der Waals surface area contributed by atoms with Gasteiger partial charge in [-0.2, -0.15) is 0 Å². The molecule has 0 spiro atoms. The molecule has 6 nitrogen and oxygen atoms in total. The summed E-state index contributed by atoms with van der Waals surface area (Å²) in [5, 5.41) is 11.3. The van der Waals surface area contributed by atoms with E-state index >= 15 is 0 Å². The maximum Gasteiger partial charge on any atom is 0.295 e. The van der Waals surface area contributed by atoms with E-state index in [1.54, 1.807) is 29.2 Å². The molecule has 1 unspecified atom stereocenters. The van der Waals surface area contributed by atoms with E-state index in [4.69, 9.17) is 4.74 Å². The monoisotopic (exact) mass is 562 g/mol. The topological polar surface area (TPSA) is 70.1 Å². The number of likely N-dealkylation sites (N-methyl/N-ethyl adjacent to an activating group) is 1. The van der Waals surface area contributed by atoms with E-state index in [0.717, 1.165) is 28.7 Å². The fourth-order valence-electron chi connectivity index (χ4n) is 4.50. The lowest BCUT2D eigenvalue weighted by atomic mass is 9.95. The lowest BCUT2D eigenvalue weighted by molar-refractivity contribution is -0.140. The number of carbonyl (C=O) groups excluding carboxylic acids is 2. The molecule has 0 saturated carbocycles. The summed E-state index contributed by atoms with van der Waals surface area (Å²) in [6.07, 6.45) is 0. The third-order valence-electron chi connectivity index (χ3n) is 6.65. The SMILES string of the molecule is CCN(CC)CCN1C(=O)C(=O)/C(=C(/O)c2ccc(OCc3ccccc3)cc2)C1c1ccc(Br)cc1. The zero-order valence-electron chi connectivity index (χ0n) is 21.1. The molecule has 1 aliphatic rings. The Kier molecular flexibility index (Phi) is 8.79. The maximum absolute atomic E-state index is 13.2. The first-order chi connectivity index (χ1) is 17.9. The summed E-state index contributed by atoms with van der Waals surface area (Å²) in [6, 6.07) is 23.6. The van der Waals surface area contributed by atoms with Gasteiger partial charge in [-0.05, 0) is 60.6 Å². The first kappa shape index (κ1) is 26.6. The molecule has 1 aliphatic heterocycles. The highest BCUT2D eigenvalue weighted by Gasteiger charge is 2.45. The van der Waals surface area contributed by atoms with Crippen molar-refractivity contribution in [1.82, 2.24) is 9.80 Å². The highest BCUT2D eigenvalue weighted by Crippen LogP contribution is 2.39. The van der Waals surface area contributed by atoms with Crippen molar-refractivity contribution < 1.29 is 19.4 Å². The van der Waals surface area contributed by atoms with Crippen LogP contribution in [0.5, 0.6) is 5.75 Å². The van der Waals surface area contributed by atoms with E-state index in [-0.39, 0.29) is 11.3 Å². The molecule has 1 heterocycles. The Hall–Kier alpha value is -3.42. The molecule has 1 N–H and O–H groups in total. The average Bonchev–Trinajstić information content (AvgIpc) is 3.18. The summed E-state index contributed by atoms with van der Waals surface area (Å²) in [5.74, 6) is -0.811. The van der Waals surface area contributed by atoms with Gasteiger partial charge in [-0.25, -0.2) is 0 Å². The number of rotatable bonds is 10. The Morgan fingerprint density at radius 2 is 1.59 bits per heavy atom. The molecule has 7 heteroatoms. The standard InChI is InChI=1S/C30H31BrN2O4/c1-3-32(4-2)18-19-33-27(22-10-14-24(31)15-11-22)26(29(35)30(33)36)28(34)23-12-16-25(17-13-23)37-20-21-8-6-5-7-9-21/h5-17,27,34H,3-4,18-20H2,1-2H3/b28-26+. The van der Waals surface area contributed by atoms with Crippen molar-refractivity contribution in [3.8, 4) is 5.75 Å². The lowest BCUT2D eigenvalue weighted by Gasteiger charge is -2.28. The second-order valence-corrected chi connectivity index (χ2v) is 9.79. The van der Waals surface area contributed by atoms with Gasteiger partial charge >= 0.3 is 0 Å². The van der Waals surface area contributed by atoms with E-state index in [0.29, 0.717) is 31.0 Å². The number of likely N-dealkylation sites (tertiary alicyclic amines) is 1. The molecule has 37 heavy (non-hydrogen) atoms. The fourth-order valence-corrected chi connectivity index (χ4v) is 4.76. The van der Waals surface area contributed by atoms with Crippen molar-refractivity contribution in [3.63, 3.8) is 0 Å². The van der Waals surface area contributed by atoms with Crippen LogP contribution in [0.1, 0.15) is 36.6 Å². The summed E-state index contributed by atoms with van der Waals surface area (Å²) in [6.45, 7) is 7.28. The number of benzene rings is 3. The van der Waals surface area contributed by atoms with Crippen LogP contribution in [0.3, 0.4) is 0 Å². The van der Waals surface area contributed by atoms with E-state index < -0.39 is 17.7 Å².